The zero-order valence-corrected chi connectivity index (χ0v) is 12.0. The standard InChI is InChI=1S/C17H14N2O3/c1-11-2-4-12(5-3-11)16(20)9-22-17(21)13-6-7-14-15(8-13)19-10-18-14/h2-8,10H,9H2,1H3,(H,18,19). The van der Waals surface area contributed by atoms with Crippen LogP contribution in [0, 0.1) is 6.92 Å². The number of Topliss-reactive ketones (excluding diaryl/α,β-unsaturated/α-hetero) is 1. The van der Waals surface area contributed by atoms with Crippen molar-refractivity contribution in [2.75, 3.05) is 6.61 Å². The Morgan fingerprint density at radius 2 is 1.82 bits per heavy atom. The Kier molecular flexibility index (Phi) is 3.70. The van der Waals surface area contributed by atoms with E-state index in [9.17, 15) is 9.59 Å². The van der Waals surface area contributed by atoms with Gasteiger partial charge in [0, 0.05) is 5.56 Å². The maximum atomic E-state index is 12.0. The van der Waals surface area contributed by atoms with Gasteiger partial charge in [-0.25, -0.2) is 9.78 Å². The third-order valence-corrected chi connectivity index (χ3v) is 3.36. The van der Waals surface area contributed by atoms with Crippen LogP contribution in [-0.4, -0.2) is 28.3 Å². The number of fused-ring (bicyclic) bond motifs is 1. The Labute approximate surface area is 126 Å². The second-order valence-corrected chi connectivity index (χ2v) is 5.00. The molecule has 0 amide bonds. The van der Waals surface area contributed by atoms with Gasteiger partial charge < -0.3 is 9.72 Å². The fourth-order valence-corrected chi connectivity index (χ4v) is 2.10. The van der Waals surface area contributed by atoms with Gasteiger partial charge in [-0.05, 0) is 25.1 Å². The van der Waals surface area contributed by atoms with Gasteiger partial charge in [0.1, 0.15) is 0 Å². The van der Waals surface area contributed by atoms with Gasteiger partial charge in [0.05, 0.1) is 22.9 Å². The lowest BCUT2D eigenvalue weighted by Crippen LogP contribution is -2.14. The van der Waals surface area contributed by atoms with Gasteiger partial charge in [-0.3, -0.25) is 4.79 Å². The van der Waals surface area contributed by atoms with E-state index in [-0.39, 0.29) is 12.4 Å². The first-order valence-corrected chi connectivity index (χ1v) is 6.83. The van der Waals surface area contributed by atoms with Crippen LogP contribution >= 0.6 is 0 Å². The van der Waals surface area contributed by atoms with Gasteiger partial charge in [-0.1, -0.05) is 29.8 Å². The Balaban J connectivity index is 1.66. The molecule has 3 aromatic rings. The van der Waals surface area contributed by atoms with Gasteiger partial charge >= 0.3 is 5.97 Å². The summed E-state index contributed by atoms with van der Waals surface area (Å²) in [5.74, 6) is -0.757. The van der Waals surface area contributed by atoms with Gasteiger partial charge in [-0.15, -0.1) is 0 Å². The molecule has 1 aromatic heterocycles. The number of ether oxygens (including phenoxy) is 1. The number of hydrogen-bond donors (Lipinski definition) is 1. The van der Waals surface area contributed by atoms with E-state index in [1.807, 2.05) is 19.1 Å². The molecule has 2 aromatic carbocycles. The van der Waals surface area contributed by atoms with Gasteiger partial charge in [0.25, 0.3) is 0 Å². The minimum absolute atomic E-state index is 0.226. The quantitative estimate of drug-likeness (QED) is 0.593. The highest BCUT2D eigenvalue weighted by atomic mass is 16.5. The van der Waals surface area contributed by atoms with Crippen molar-refractivity contribution >= 4 is 22.8 Å². The molecular weight excluding hydrogens is 280 g/mol. The van der Waals surface area contributed by atoms with E-state index in [2.05, 4.69) is 9.97 Å². The summed E-state index contributed by atoms with van der Waals surface area (Å²) in [4.78, 5) is 31.0. The number of nitrogens with zero attached hydrogens (tertiary/aromatic N) is 1. The highest BCUT2D eigenvalue weighted by Gasteiger charge is 2.12. The molecule has 22 heavy (non-hydrogen) atoms. The molecule has 0 saturated heterocycles. The SMILES string of the molecule is Cc1ccc(C(=O)COC(=O)c2ccc3nc[nH]c3c2)cc1. The molecule has 5 nitrogen and oxygen atoms in total. The van der Waals surface area contributed by atoms with Crippen LogP contribution in [0.25, 0.3) is 11.0 Å². The van der Waals surface area contributed by atoms with Crippen LogP contribution in [0.4, 0.5) is 0 Å². The molecule has 0 aliphatic heterocycles. The van der Waals surface area contributed by atoms with Crippen molar-refractivity contribution in [3.05, 3.63) is 65.5 Å². The molecule has 0 saturated carbocycles. The molecular formula is C17H14N2O3. The van der Waals surface area contributed by atoms with Crippen LogP contribution in [0.15, 0.2) is 48.8 Å². The molecule has 0 unspecified atom stereocenters. The molecule has 0 aliphatic rings. The van der Waals surface area contributed by atoms with Crippen molar-refractivity contribution in [1.82, 2.24) is 9.97 Å². The first kappa shape index (κ1) is 14.0. The molecule has 110 valence electrons. The molecule has 1 heterocycles. The highest BCUT2D eigenvalue weighted by Crippen LogP contribution is 2.13. The molecule has 1 N–H and O–H groups in total. The molecule has 0 fully saturated rings. The normalized spacial score (nSPS) is 10.6. The predicted octanol–water partition coefficient (Wildman–Crippen LogP) is 2.91. The number of carbonyl (C=O) groups is 2. The van der Waals surface area contributed by atoms with Crippen LogP contribution in [0.2, 0.25) is 0 Å². The molecule has 0 bridgehead atoms. The van der Waals surface area contributed by atoms with Crippen molar-refractivity contribution < 1.29 is 14.3 Å². The molecule has 3 rings (SSSR count). The Bertz CT molecular complexity index is 834. The van der Waals surface area contributed by atoms with E-state index in [4.69, 9.17) is 4.74 Å². The molecule has 0 radical (unpaired) electrons. The number of hydrogen-bond acceptors (Lipinski definition) is 4. The number of aryl methyl sites for hydroxylation is 1. The number of benzene rings is 2. The average Bonchev–Trinajstić information content (AvgIpc) is 3.00. The molecule has 5 heteroatoms. The smallest absolute Gasteiger partial charge is 0.338 e. The summed E-state index contributed by atoms with van der Waals surface area (Å²) in [6.07, 6.45) is 1.56. The lowest BCUT2D eigenvalue weighted by molar-refractivity contribution is 0.0475. The minimum Gasteiger partial charge on any atom is -0.454 e. The van der Waals surface area contributed by atoms with Crippen molar-refractivity contribution in [3.8, 4) is 0 Å². The summed E-state index contributed by atoms with van der Waals surface area (Å²) in [6.45, 7) is 1.67. The number of carbonyl (C=O) groups excluding carboxylic acids is 2. The monoisotopic (exact) mass is 294 g/mol. The number of aromatic nitrogens is 2. The number of imidazole rings is 1. The van der Waals surface area contributed by atoms with Crippen LogP contribution in [0.3, 0.4) is 0 Å². The van der Waals surface area contributed by atoms with Crippen LogP contribution in [-0.2, 0) is 4.74 Å². The number of aromatic amines is 1. The lowest BCUT2D eigenvalue weighted by Gasteiger charge is -2.05. The highest BCUT2D eigenvalue weighted by molar-refractivity contribution is 6.00. The zero-order valence-electron chi connectivity index (χ0n) is 12.0. The Morgan fingerprint density at radius 1 is 1.09 bits per heavy atom. The van der Waals surface area contributed by atoms with Crippen molar-refractivity contribution in [3.63, 3.8) is 0 Å². The largest absolute Gasteiger partial charge is 0.454 e. The number of H-pyrrole nitrogens is 1. The van der Waals surface area contributed by atoms with Gasteiger partial charge in [0.15, 0.2) is 12.4 Å². The molecule has 0 aliphatic carbocycles. The van der Waals surface area contributed by atoms with Gasteiger partial charge in [0.2, 0.25) is 0 Å². The molecule has 0 atom stereocenters. The van der Waals surface area contributed by atoms with E-state index < -0.39 is 5.97 Å². The first-order chi connectivity index (χ1) is 10.6. The number of nitrogens with one attached hydrogen (secondary N) is 1. The Morgan fingerprint density at radius 3 is 2.59 bits per heavy atom. The maximum absolute atomic E-state index is 12.0. The summed E-state index contributed by atoms with van der Waals surface area (Å²) < 4.78 is 5.08. The summed E-state index contributed by atoms with van der Waals surface area (Å²) in [7, 11) is 0. The molecule has 0 spiro atoms. The predicted molar refractivity (Wildman–Crippen MR) is 81.9 cm³/mol. The first-order valence-electron chi connectivity index (χ1n) is 6.83. The lowest BCUT2D eigenvalue weighted by atomic mass is 10.1. The summed E-state index contributed by atoms with van der Waals surface area (Å²) in [5.41, 5.74) is 3.50. The van der Waals surface area contributed by atoms with Crippen molar-refractivity contribution in [2.45, 2.75) is 6.92 Å². The van der Waals surface area contributed by atoms with E-state index >= 15 is 0 Å². The number of ketones is 1. The van der Waals surface area contributed by atoms with Gasteiger partial charge in [-0.2, -0.15) is 0 Å². The van der Waals surface area contributed by atoms with E-state index in [1.165, 1.54) is 0 Å². The van der Waals surface area contributed by atoms with Crippen LogP contribution in [0.1, 0.15) is 26.3 Å². The topological polar surface area (TPSA) is 72.1 Å². The van der Waals surface area contributed by atoms with Crippen molar-refractivity contribution in [1.29, 1.82) is 0 Å². The van der Waals surface area contributed by atoms with E-state index in [1.54, 1.807) is 36.7 Å². The second-order valence-electron chi connectivity index (χ2n) is 5.00. The summed E-state index contributed by atoms with van der Waals surface area (Å²) in [6, 6.07) is 12.2. The third kappa shape index (κ3) is 2.88. The van der Waals surface area contributed by atoms with E-state index in [0.717, 1.165) is 16.6 Å². The fraction of sp³-hybridized carbons (Fsp3) is 0.118. The zero-order chi connectivity index (χ0) is 15.5. The summed E-state index contributed by atoms with van der Waals surface area (Å²) in [5, 5.41) is 0. The van der Waals surface area contributed by atoms with Crippen LogP contribution < -0.4 is 0 Å². The summed E-state index contributed by atoms with van der Waals surface area (Å²) >= 11 is 0. The second kappa shape index (κ2) is 5.81. The van der Waals surface area contributed by atoms with E-state index in [0.29, 0.717) is 11.1 Å². The number of esters is 1. The van der Waals surface area contributed by atoms with Crippen LogP contribution in [0.5, 0.6) is 0 Å². The minimum atomic E-state index is -0.531. The maximum Gasteiger partial charge on any atom is 0.338 e. The average molecular weight is 294 g/mol. The third-order valence-electron chi connectivity index (χ3n) is 3.36. The number of rotatable bonds is 4. The Hall–Kier alpha value is -2.95. The van der Waals surface area contributed by atoms with Crippen molar-refractivity contribution in [2.24, 2.45) is 0 Å². The fourth-order valence-electron chi connectivity index (χ4n) is 2.10.